The molecule has 0 amide bonds. The summed E-state index contributed by atoms with van der Waals surface area (Å²) in [6, 6.07) is 3.75. The molecule has 0 aliphatic heterocycles. The van der Waals surface area contributed by atoms with Gasteiger partial charge >= 0.3 is 18.1 Å². The van der Waals surface area contributed by atoms with E-state index in [4.69, 9.17) is 15.0 Å². The van der Waals surface area contributed by atoms with Crippen molar-refractivity contribution in [1.82, 2.24) is 4.98 Å². The van der Waals surface area contributed by atoms with Gasteiger partial charge in [-0.05, 0) is 31.0 Å². The van der Waals surface area contributed by atoms with E-state index >= 15 is 0 Å². The van der Waals surface area contributed by atoms with E-state index in [1.807, 2.05) is 19.1 Å². The van der Waals surface area contributed by atoms with Crippen LogP contribution < -0.4 is 0 Å². The highest BCUT2D eigenvalue weighted by Crippen LogP contribution is 2.13. The van der Waals surface area contributed by atoms with Crippen LogP contribution in [0.25, 0.3) is 0 Å². The fraction of sp³-hybridized carbons (Fsp3) is 0.364. The largest absolute Gasteiger partial charge is 0.490 e. The molecule has 1 rings (SSSR count). The number of aryl methyl sites for hydroxylation is 2. The van der Waals surface area contributed by atoms with Crippen LogP contribution in [0.15, 0.2) is 18.3 Å². The van der Waals surface area contributed by atoms with Crippen LogP contribution in [0.3, 0.4) is 0 Å². The van der Waals surface area contributed by atoms with Crippen molar-refractivity contribution in [3.05, 3.63) is 29.6 Å². The van der Waals surface area contributed by atoms with E-state index in [0.29, 0.717) is 6.42 Å². The van der Waals surface area contributed by atoms with Crippen LogP contribution in [0.4, 0.5) is 13.2 Å². The zero-order valence-corrected chi connectivity index (χ0v) is 9.94. The van der Waals surface area contributed by atoms with Crippen LogP contribution in [0.1, 0.15) is 17.7 Å². The second kappa shape index (κ2) is 7.34. The number of carboxylic acid groups (broad SMARTS) is 2. The maximum absolute atomic E-state index is 10.6. The Hall–Kier alpha value is -2.12. The zero-order valence-electron chi connectivity index (χ0n) is 9.94. The number of rotatable bonds is 3. The molecule has 0 radical (unpaired) electrons. The lowest BCUT2D eigenvalue weighted by atomic mass is 10.1. The minimum atomic E-state index is -5.08. The SMILES string of the molecule is Cc1cc(CCC(=O)O)ccn1.O=C(O)C(F)(F)F. The fourth-order valence-corrected chi connectivity index (χ4v) is 1.01. The molecule has 0 atom stereocenters. The van der Waals surface area contributed by atoms with Crippen LogP contribution in [0.2, 0.25) is 0 Å². The predicted octanol–water partition coefficient (Wildman–Crippen LogP) is 2.04. The zero-order chi connectivity index (χ0) is 15.1. The van der Waals surface area contributed by atoms with Gasteiger partial charge in [-0.25, -0.2) is 4.79 Å². The lowest BCUT2D eigenvalue weighted by Gasteiger charge is -1.98. The van der Waals surface area contributed by atoms with Crippen molar-refractivity contribution in [3.63, 3.8) is 0 Å². The molecule has 19 heavy (non-hydrogen) atoms. The van der Waals surface area contributed by atoms with Gasteiger partial charge in [-0.15, -0.1) is 0 Å². The first-order chi connectivity index (χ1) is 8.62. The fourth-order valence-electron chi connectivity index (χ4n) is 1.01. The Morgan fingerprint density at radius 3 is 2.21 bits per heavy atom. The van der Waals surface area contributed by atoms with Gasteiger partial charge in [-0.2, -0.15) is 13.2 Å². The standard InChI is InChI=1S/C9H11NO2.C2HF3O2/c1-7-6-8(4-5-10-7)2-3-9(11)12;3-2(4,5)1(6)7/h4-6H,2-3H2,1H3,(H,11,12);(H,6,7). The van der Waals surface area contributed by atoms with Gasteiger partial charge in [0.25, 0.3) is 0 Å². The van der Waals surface area contributed by atoms with Crippen molar-refractivity contribution in [2.24, 2.45) is 0 Å². The number of aliphatic carboxylic acids is 2. The average Bonchev–Trinajstić information content (AvgIpc) is 2.26. The molecule has 0 fully saturated rings. The summed E-state index contributed by atoms with van der Waals surface area (Å²) in [6.07, 6.45) is -2.62. The molecule has 0 bridgehead atoms. The molecule has 0 unspecified atom stereocenters. The van der Waals surface area contributed by atoms with Crippen molar-refractivity contribution in [2.45, 2.75) is 25.9 Å². The summed E-state index contributed by atoms with van der Waals surface area (Å²) in [6.45, 7) is 1.89. The van der Waals surface area contributed by atoms with E-state index in [9.17, 15) is 18.0 Å². The van der Waals surface area contributed by atoms with Crippen LogP contribution >= 0.6 is 0 Å². The first-order valence-electron chi connectivity index (χ1n) is 5.06. The maximum Gasteiger partial charge on any atom is 0.490 e. The topological polar surface area (TPSA) is 87.5 Å². The van der Waals surface area contributed by atoms with Crippen LogP contribution in [0, 0.1) is 6.92 Å². The number of carbonyl (C=O) groups is 2. The number of aromatic nitrogens is 1. The average molecular weight is 279 g/mol. The molecular weight excluding hydrogens is 267 g/mol. The monoisotopic (exact) mass is 279 g/mol. The number of halogens is 3. The summed E-state index contributed by atoms with van der Waals surface area (Å²) in [7, 11) is 0. The summed E-state index contributed by atoms with van der Waals surface area (Å²) >= 11 is 0. The van der Waals surface area contributed by atoms with Crippen LogP contribution in [0.5, 0.6) is 0 Å². The van der Waals surface area contributed by atoms with Crippen molar-refractivity contribution >= 4 is 11.9 Å². The molecular formula is C11H12F3NO4. The van der Waals surface area contributed by atoms with E-state index in [0.717, 1.165) is 11.3 Å². The molecule has 0 saturated carbocycles. The van der Waals surface area contributed by atoms with Gasteiger partial charge in [0.2, 0.25) is 0 Å². The van der Waals surface area contributed by atoms with E-state index in [-0.39, 0.29) is 6.42 Å². The molecule has 0 aromatic carbocycles. The second-order valence-electron chi connectivity index (χ2n) is 3.50. The third-order valence-electron chi connectivity index (χ3n) is 1.83. The van der Waals surface area contributed by atoms with E-state index in [2.05, 4.69) is 4.98 Å². The van der Waals surface area contributed by atoms with Gasteiger partial charge in [0.05, 0.1) is 0 Å². The molecule has 0 aliphatic rings. The molecule has 1 aromatic heterocycles. The highest BCUT2D eigenvalue weighted by atomic mass is 19.4. The number of hydrogen-bond donors (Lipinski definition) is 2. The number of alkyl halides is 3. The molecule has 0 spiro atoms. The lowest BCUT2D eigenvalue weighted by Crippen LogP contribution is -2.21. The number of hydrogen-bond acceptors (Lipinski definition) is 3. The minimum absolute atomic E-state index is 0.184. The summed E-state index contributed by atoms with van der Waals surface area (Å²) < 4.78 is 31.7. The Labute approximate surface area is 106 Å². The van der Waals surface area contributed by atoms with Gasteiger partial charge in [0, 0.05) is 18.3 Å². The lowest BCUT2D eigenvalue weighted by molar-refractivity contribution is -0.192. The van der Waals surface area contributed by atoms with Crippen molar-refractivity contribution < 1.29 is 33.0 Å². The van der Waals surface area contributed by atoms with E-state index in [1.54, 1.807) is 6.20 Å². The van der Waals surface area contributed by atoms with Gasteiger partial charge < -0.3 is 10.2 Å². The van der Waals surface area contributed by atoms with E-state index < -0.39 is 18.1 Å². The highest BCUT2D eigenvalue weighted by molar-refractivity contribution is 5.73. The Bertz CT molecular complexity index is 446. The Morgan fingerprint density at radius 2 is 1.84 bits per heavy atom. The van der Waals surface area contributed by atoms with Gasteiger partial charge in [0.15, 0.2) is 0 Å². The molecule has 106 valence electrons. The van der Waals surface area contributed by atoms with Crippen LogP contribution in [-0.4, -0.2) is 33.3 Å². The quantitative estimate of drug-likeness (QED) is 0.884. The van der Waals surface area contributed by atoms with Gasteiger partial charge in [-0.1, -0.05) is 0 Å². The van der Waals surface area contributed by atoms with Crippen molar-refractivity contribution in [2.75, 3.05) is 0 Å². The number of nitrogens with zero attached hydrogens (tertiary/aromatic N) is 1. The number of pyridine rings is 1. The smallest absolute Gasteiger partial charge is 0.481 e. The van der Waals surface area contributed by atoms with Gasteiger partial charge in [0.1, 0.15) is 0 Å². The number of carboxylic acids is 2. The van der Waals surface area contributed by atoms with Gasteiger partial charge in [-0.3, -0.25) is 9.78 Å². The first kappa shape index (κ1) is 16.9. The Kier molecular flexibility index (Phi) is 6.53. The maximum atomic E-state index is 10.6. The normalized spacial score (nSPS) is 10.3. The molecule has 0 aliphatic carbocycles. The second-order valence-corrected chi connectivity index (χ2v) is 3.50. The molecule has 8 heteroatoms. The highest BCUT2D eigenvalue weighted by Gasteiger charge is 2.38. The third-order valence-corrected chi connectivity index (χ3v) is 1.83. The molecule has 1 heterocycles. The summed E-state index contributed by atoms with van der Waals surface area (Å²) in [5, 5.41) is 15.6. The summed E-state index contributed by atoms with van der Waals surface area (Å²) in [4.78, 5) is 23.2. The minimum Gasteiger partial charge on any atom is -0.481 e. The van der Waals surface area contributed by atoms with E-state index in [1.165, 1.54) is 0 Å². The Morgan fingerprint density at radius 1 is 1.32 bits per heavy atom. The molecule has 5 nitrogen and oxygen atoms in total. The van der Waals surface area contributed by atoms with Crippen molar-refractivity contribution in [1.29, 1.82) is 0 Å². The third kappa shape index (κ3) is 8.58. The van der Waals surface area contributed by atoms with Crippen LogP contribution in [-0.2, 0) is 16.0 Å². The first-order valence-corrected chi connectivity index (χ1v) is 5.06. The summed E-state index contributed by atoms with van der Waals surface area (Å²) in [5.74, 6) is -3.52. The predicted molar refractivity (Wildman–Crippen MR) is 58.6 cm³/mol. The summed E-state index contributed by atoms with van der Waals surface area (Å²) in [5.41, 5.74) is 1.96. The molecule has 1 aromatic rings. The molecule has 2 N–H and O–H groups in total. The Balaban J connectivity index is 0.000000399. The molecule has 0 saturated heterocycles. The van der Waals surface area contributed by atoms with Crippen molar-refractivity contribution in [3.8, 4) is 0 Å².